The van der Waals surface area contributed by atoms with E-state index in [0.29, 0.717) is 19.4 Å². The van der Waals surface area contributed by atoms with Crippen molar-refractivity contribution in [3.8, 4) is 0 Å². The molecule has 2 N–H and O–H groups in total. The predicted octanol–water partition coefficient (Wildman–Crippen LogP) is 1.53. The van der Waals surface area contributed by atoms with Crippen molar-refractivity contribution in [1.82, 2.24) is 4.90 Å². The quantitative estimate of drug-likeness (QED) is 0.771. The van der Waals surface area contributed by atoms with Crippen molar-refractivity contribution in [3.63, 3.8) is 0 Å². The lowest BCUT2D eigenvalue weighted by Gasteiger charge is -2.39. The van der Waals surface area contributed by atoms with E-state index in [0.717, 1.165) is 6.42 Å². The molecule has 1 aliphatic rings. The van der Waals surface area contributed by atoms with E-state index in [1.807, 2.05) is 20.8 Å². The number of hydrogen-bond acceptors (Lipinski definition) is 2. The molecule has 15 heavy (non-hydrogen) atoms. The predicted molar refractivity (Wildman–Crippen MR) is 58.4 cm³/mol. The maximum Gasteiger partial charge on any atom is 0.315 e. The molecule has 4 heteroatoms. The lowest BCUT2D eigenvalue weighted by atomic mass is 9.79. The van der Waals surface area contributed by atoms with E-state index in [2.05, 4.69) is 0 Å². The number of nitrogens with zero attached hydrogens (tertiary/aromatic N) is 1. The maximum atomic E-state index is 12.0. The lowest BCUT2D eigenvalue weighted by Crippen LogP contribution is -2.56. The molecule has 0 aromatic carbocycles. The van der Waals surface area contributed by atoms with E-state index >= 15 is 0 Å². The molecule has 0 aliphatic carbocycles. The van der Waals surface area contributed by atoms with E-state index in [4.69, 9.17) is 5.73 Å². The van der Waals surface area contributed by atoms with Crippen LogP contribution in [-0.4, -0.2) is 28.8 Å². The van der Waals surface area contributed by atoms with Gasteiger partial charge in [0, 0.05) is 13.0 Å². The summed E-state index contributed by atoms with van der Waals surface area (Å²) in [7, 11) is 0. The van der Waals surface area contributed by atoms with E-state index in [-0.39, 0.29) is 11.7 Å². The van der Waals surface area contributed by atoms with E-state index in [1.54, 1.807) is 4.90 Å². The standard InChI is InChI=1S/C11H20N2O2/c1-4-6-11(8(2)3)9(14)5-7-13(11)10(12)15/h8H,4-7H2,1-3H3,(H2,12,15). The van der Waals surface area contributed by atoms with Crippen LogP contribution < -0.4 is 5.73 Å². The molecular formula is C11H20N2O2. The number of primary amides is 1. The SMILES string of the molecule is CCCC1(C(C)C)C(=O)CCN1C(N)=O. The van der Waals surface area contributed by atoms with Crippen molar-refractivity contribution in [2.24, 2.45) is 11.7 Å². The van der Waals surface area contributed by atoms with Gasteiger partial charge in [-0.25, -0.2) is 4.79 Å². The van der Waals surface area contributed by atoms with Gasteiger partial charge in [0.1, 0.15) is 5.54 Å². The zero-order valence-electron chi connectivity index (χ0n) is 9.75. The highest BCUT2D eigenvalue weighted by molar-refractivity contribution is 5.95. The zero-order valence-corrected chi connectivity index (χ0v) is 9.75. The molecule has 0 bridgehead atoms. The molecule has 1 rings (SSSR count). The number of ketones is 1. The van der Waals surface area contributed by atoms with Gasteiger partial charge in [-0.05, 0) is 12.3 Å². The Hall–Kier alpha value is -1.06. The van der Waals surface area contributed by atoms with Crippen LogP contribution in [0.5, 0.6) is 0 Å². The van der Waals surface area contributed by atoms with Crippen LogP contribution in [0.15, 0.2) is 0 Å². The van der Waals surface area contributed by atoms with Gasteiger partial charge < -0.3 is 10.6 Å². The van der Waals surface area contributed by atoms with Crippen molar-refractivity contribution in [1.29, 1.82) is 0 Å². The topological polar surface area (TPSA) is 63.4 Å². The maximum absolute atomic E-state index is 12.0. The number of Topliss-reactive ketones (excluding diaryl/α,β-unsaturated/α-hetero) is 1. The number of carbonyl (C=O) groups excluding carboxylic acids is 2. The van der Waals surface area contributed by atoms with E-state index in [9.17, 15) is 9.59 Å². The highest BCUT2D eigenvalue weighted by Crippen LogP contribution is 2.36. The summed E-state index contributed by atoms with van der Waals surface area (Å²) in [6.45, 7) is 6.46. The van der Waals surface area contributed by atoms with Gasteiger partial charge in [0.25, 0.3) is 0 Å². The number of likely N-dealkylation sites (tertiary alicyclic amines) is 1. The Labute approximate surface area is 90.8 Å². The van der Waals surface area contributed by atoms with Crippen molar-refractivity contribution >= 4 is 11.8 Å². The molecule has 1 aliphatic heterocycles. The molecule has 2 amide bonds. The molecule has 1 fully saturated rings. The Morgan fingerprint density at radius 3 is 2.60 bits per heavy atom. The summed E-state index contributed by atoms with van der Waals surface area (Å²) in [5, 5.41) is 0. The Balaban J connectivity index is 3.09. The first-order valence-corrected chi connectivity index (χ1v) is 5.57. The van der Waals surface area contributed by atoms with Gasteiger partial charge >= 0.3 is 6.03 Å². The van der Waals surface area contributed by atoms with Crippen LogP contribution in [0.3, 0.4) is 0 Å². The van der Waals surface area contributed by atoms with Gasteiger partial charge in [-0.1, -0.05) is 27.2 Å². The third-order valence-corrected chi connectivity index (χ3v) is 3.38. The van der Waals surface area contributed by atoms with Crippen molar-refractivity contribution in [3.05, 3.63) is 0 Å². The Morgan fingerprint density at radius 2 is 2.20 bits per heavy atom. The fourth-order valence-electron chi connectivity index (χ4n) is 2.66. The molecule has 4 nitrogen and oxygen atoms in total. The van der Waals surface area contributed by atoms with Gasteiger partial charge in [-0.15, -0.1) is 0 Å². The molecule has 0 aromatic rings. The second kappa shape index (κ2) is 4.21. The monoisotopic (exact) mass is 212 g/mol. The summed E-state index contributed by atoms with van der Waals surface area (Å²) in [6, 6.07) is -0.469. The molecule has 1 heterocycles. The minimum atomic E-state index is -0.638. The van der Waals surface area contributed by atoms with Crippen molar-refractivity contribution < 1.29 is 9.59 Å². The van der Waals surface area contributed by atoms with Crippen LogP contribution in [0.2, 0.25) is 0 Å². The third-order valence-electron chi connectivity index (χ3n) is 3.38. The van der Waals surface area contributed by atoms with Gasteiger partial charge in [0.15, 0.2) is 5.78 Å². The Kier molecular flexibility index (Phi) is 3.37. The fraction of sp³-hybridized carbons (Fsp3) is 0.818. The van der Waals surface area contributed by atoms with E-state index in [1.165, 1.54) is 0 Å². The number of amides is 2. The molecule has 0 aromatic heterocycles. The first kappa shape index (κ1) is 12.0. The fourth-order valence-corrected chi connectivity index (χ4v) is 2.66. The van der Waals surface area contributed by atoms with Gasteiger partial charge in [-0.2, -0.15) is 0 Å². The third kappa shape index (κ3) is 1.73. The van der Waals surface area contributed by atoms with Crippen LogP contribution in [0.4, 0.5) is 4.79 Å². The molecule has 0 saturated carbocycles. The highest BCUT2D eigenvalue weighted by atomic mass is 16.2. The number of nitrogens with two attached hydrogens (primary N) is 1. The Morgan fingerprint density at radius 1 is 1.60 bits per heavy atom. The first-order chi connectivity index (χ1) is 6.96. The molecule has 86 valence electrons. The molecular weight excluding hydrogens is 192 g/mol. The normalized spacial score (nSPS) is 26.4. The van der Waals surface area contributed by atoms with Crippen LogP contribution in [0, 0.1) is 5.92 Å². The van der Waals surface area contributed by atoms with Crippen molar-refractivity contribution in [2.45, 2.75) is 45.6 Å². The Bertz CT molecular complexity index is 276. The zero-order chi connectivity index (χ0) is 11.6. The molecule has 0 radical (unpaired) electrons. The summed E-state index contributed by atoms with van der Waals surface area (Å²) in [6.07, 6.45) is 2.04. The molecule has 1 atom stereocenters. The number of carbonyl (C=O) groups is 2. The van der Waals surface area contributed by atoms with Crippen LogP contribution >= 0.6 is 0 Å². The molecule has 1 unspecified atom stereocenters. The second-order valence-corrected chi connectivity index (χ2v) is 4.49. The van der Waals surface area contributed by atoms with Gasteiger partial charge in [-0.3, -0.25) is 4.79 Å². The van der Waals surface area contributed by atoms with Crippen molar-refractivity contribution in [2.75, 3.05) is 6.54 Å². The number of rotatable bonds is 3. The van der Waals surface area contributed by atoms with Crippen LogP contribution in [0.1, 0.15) is 40.0 Å². The number of urea groups is 1. The average molecular weight is 212 g/mol. The summed E-state index contributed by atoms with van der Waals surface area (Å²) in [5.41, 5.74) is 4.70. The average Bonchev–Trinajstić information content (AvgIpc) is 2.45. The summed E-state index contributed by atoms with van der Waals surface area (Å²) >= 11 is 0. The summed E-state index contributed by atoms with van der Waals surface area (Å²) in [4.78, 5) is 24.9. The minimum absolute atomic E-state index is 0.125. The molecule has 0 spiro atoms. The van der Waals surface area contributed by atoms with Gasteiger partial charge in [0.2, 0.25) is 0 Å². The van der Waals surface area contributed by atoms with E-state index < -0.39 is 11.6 Å². The highest BCUT2D eigenvalue weighted by Gasteiger charge is 2.51. The first-order valence-electron chi connectivity index (χ1n) is 5.57. The summed E-state index contributed by atoms with van der Waals surface area (Å²) < 4.78 is 0. The number of hydrogen-bond donors (Lipinski definition) is 1. The van der Waals surface area contributed by atoms with Crippen LogP contribution in [0.25, 0.3) is 0 Å². The molecule has 1 saturated heterocycles. The van der Waals surface area contributed by atoms with Crippen LogP contribution in [-0.2, 0) is 4.79 Å². The smallest absolute Gasteiger partial charge is 0.315 e. The lowest BCUT2D eigenvalue weighted by molar-refractivity contribution is -0.126. The minimum Gasteiger partial charge on any atom is -0.351 e. The second-order valence-electron chi connectivity index (χ2n) is 4.49. The summed E-state index contributed by atoms with van der Waals surface area (Å²) in [5.74, 6) is 0.290. The van der Waals surface area contributed by atoms with Gasteiger partial charge in [0.05, 0.1) is 0 Å². The largest absolute Gasteiger partial charge is 0.351 e.